The molecule has 0 aliphatic carbocycles. The molecule has 1 rings (SSSR count). The van der Waals surface area contributed by atoms with Gasteiger partial charge < -0.3 is 4.90 Å². The first-order chi connectivity index (χ1) is 6.22. The van der Waals surface area contributed by atoms with Crippen LogP contribution in [0.3, 0.4) is 0 Å². The van der Waals surface area contributed by atoms with Crippen LogP contribution in [0.15, 0.2) is 22.9 Å². The maximum Gasteiger partial charge on any atom is 0.147 e. The largest absolute Gasteiger partial charge is 0.373 e. The third kappa shape index (κ3) is 2.00. The van der Waals surface area contributed by atoms with E-state index in [4.69, 9.17) is 0 Å². The molecule has 0 spiro atoms. The fraction of sp³-hybridized carbons (Fsp3) is 0.545. The first kappa shape index (κ1) is 10.0. The highest BCUT2D eigenvalue weighted by Gasteiger charge is 2.14. The molecule has 1 heterocycles. The highest BCUT2D eigenvalue weighted by Crippen LogP contribution is 2.23. The van der Waals surface area contributed by atoms with Crippen molar-refractivity contribution in [2.75, 3.05) is 13.6 Å². The second-order valence-electron chi connectivity index (χ2n) is 3.37. The molecule has 0 fully saturated rings. The number of hydrogen-bond acceptors (Lipinski definition) is 2. The highest BCUT2D eigenvalue weighted by molar-refractivity contribution is 5.75. The molecule has 0 saturated heterocycles. The minimum absolute atomic E-state index is 0.760. The number of rotatable bonds is 3. The minimum atomic E-state index is 0.760. The van der Waals surface area contributed by atoms with E-state index in [1.165, 1.54) is 11.3 Å². The zero-order valence-electron chi connectivity index (χ0n) is 8.63. The van der Waals surface area contributed by atoms with Gasteiger partial charge in [0.05, 0.1) is 0 Å². The van der Waals surface area contributed by atoms with Crippen LogP contribution in [0.4, 0.5) is 0 Å². The minimum Gasteiger partial charge on any atom is -0.373 e. The monoisotopic (exact) mass is 179 g/mol. The van der Waals surface area contributed by atoms with Gasteiger partial charge in [0.25, 0.3) is 0 Å². The molecular weight excluding hydrogens is 162 g/mol. The third-order valence-electron chi connectivity index (χ3n) is 2.48. The molecule has 2 nitrogen and oxygen atoms in total. The van der Waals surface area contributed by atoms with Crippen LogP contribution in [0.5, 0.6) is 0 Å². The molecule has 0 aromatic rings. The van der Waals surface area contributed by atoms with Crippen LogP contribution in [-0.4, -0.2) is 24.8 Å². The Balaban J connectivity index is 3.01. The predicted octanol–water partition coefficient (Wildman–Crippen LogP) is 2.13. The van der Waals surface area contributed by atoms with Gasteiger partial charge in [0.2, 0.25) is 0 Å². The lowest BCUT2D eigenvalue weighted by Gasteiger charge is -2.28. The smallest absolute Gasteiger partial charge is 0.147 e. The summed E-state index contributed by atoms with van der Waals surface area (Å²) < 4.78 is 0. The van der Waals surface area contributed by atoms with Crippen molar-refractivity contribution in [2.24, 2.45) is 0 Å². The number of aldehydes is 1. The summed E-state index contributed by atoms with van der Waals surface area (Å²) in [5.41, 5.74) is 3.56. The van der Waals surface area contributed by atoms with Crippen molar-refractivity contribution < 1.29 is 4.79 Å². The van der Waals surface area contributed by atoms with Gasteiger partial charge in [0.15, 0.2) is 0 Å². The van der Waals surface area contributed by atoms with Gasteiger partial charge in [-0.25, -0.2) is 0 Å². The molecule has 0 N–H and O–H groups in total. The number of carbonyl (C=O) groups excluding carboxylic acids is 1. The first-order valence-corrected chi connectivity index (χ1v) is 4.81. The van der Waals surface area contributed by atoms with Crippen molar-refractivity contribution in [2.45, 2.75) is 26.7 Å². The van der Waals surface area contributed by atoms with Crippen LogP contribution < -0.4 is 0 Å². The number of allylic oxidation sites excluding steroid dienone is 3. The number of nitrogens with zero attached hydrogens (tertiary/aromatic N) is 1. The summed E-state index contributed by atoms with van der Waals surface area (Å²) in [5.74, 6) is 0. The summed E-state index contributed by atoms with van der Waals surface area (Å²) in [6.07, 6.45) is 5.04. The molecule has 2 heteroatoms. The van der Waals surface area contributed by atoms with E-state index in [-0.39, 0.29) is 0 Å². The Morgan fingerprint density at radius 3 is 2.62 bits per heavy atom. The average molecular weight is 179 g/mol. The molecule has 0 radical (unpaired) electrons. The Labute approximate surface area is 79.9 Å². The van der Waals surface area contributed by atoms with Gasteiger partial charge >= 0.3 is 0 Å². The Morgan fingerprint density at radius 2 is 2.15 bits per heavy atom. The standard InChI is InChI=1S/C11H17NO/c1-4-10-6-9(8-13)7-12(3)11(10)5-2/h6,8H,4-5,7H2,1-3H3. The van der Waals surface area contributed by atoms with E-state index in [9.17, 15) is 4.79 Å². The summed E-state index contributed by atoms with van der Waals surface area (Å²) >= 11 is 0. The molecule has 13 heavy (non-hydrogen) atoms. The molecule has 0 saturated carbocycles. The van der Waals surface area contributed by atoms with Crippen molar-refractivity contribution in [1.29, 1.82) is 0 Å². The Bertz CT molecular complexity index is 263. The van der Waals surface area contributed by atoms with E-state index in [0.717, 1.165) is 31.2 Å². The van der Waals surface area contributed by atoms with E-state index >= 15 is 0 Å². The zero-order valence-corrected chi connectivity index (χ0v) is 8.63. The predicted molar refractivity (Wildman–Crippen MR) is 54.4 cm³/mol. The summed E-state index contributed by atoms with van der Waals surface area (Å²) in [7, 11) is 2.05. The van der Waals surface area contributed by atoms with Crippen molar-refractivity contribution in [1.82, 2.24) is 4.90 Å². The fourth-order valence-corrected chi connectivity index (χ4v) is 1.84. The number of hydrogen-bond donors (Lipinski definition) is 0. The number of carbonyl (C=O) groups is 1. The highest BCUT2D eigenvalue weighted by atomic mass is 16.1. The van der Waals surface area contributed by atoms with Gasteiger partial charge in [-0.15, -0.1) is 0 Å². The molecule has 0 amide bonds. The van der Waals surface area contributed by atoms with Crippen LogP contribution in [0.25, 0.3) is 0 Å². The van der Waals surface area contributed by atoms with Crippen molar-refractivity contribution in [3.63, 3.8) is 0 Å². The van der Waals surface area contributed by atoms with Crippen LogP contribution in [-0.2, 0) is 4.79 Å². The molecule has 0 aromatic carbocycles. The molecule has 0 atom stereocenters. The van der Waals surface area contributed by atoms with Crippen molar-refractivity contribution in [3.8, 4) is 0 Å². The summed E-state index contributed by atoms with van der Waals surface area (Å²) in [6.45, 7) is 5.04. The third-order valence-corrected chi connectivity index (χ3v) is 2.48. The van der Waals surface area contributed by atoms with Gasteiger partial charge in [-0.3, -0.25) is 4.79 Å². The van der Waals surface area contributed by atoms with Crippen LogP contribution in [0, 0.1) is 0 Å². The maximum absolute atomic E-state index is 10.6. The Kier molecular flexibility index (Phi) is 3.29. The topological polar surface area (TPSA) is 20.3 Å². The van der Waals surface area contributed by atoms with Crippen LogP contribution >= 0.6 is 0 Å². The lowest BCUT2D eigenvalue weighted by atomic mass is 10.0. The summed E-state index contributed by atoms with van der Waals surface area (Å²) in [6, 6.07) is 0. The second-order valence-corrected chi connectivity index (χ2v) is 3.37. The molecule has 0 aromatic heterocycles. The van der Waals surface area contributed by atoms with Gasteiger partial charge in [0, 0.05) is 24.9 Å². The molecular formula is C11H17NO. The van der Waals surface area contributed by atoms with Gasteiger partial charge in [-0.2, -0.15) is 0 Å². The second kappa shape index (κ2) is 4.26. The van der Waals surface area contributed by atoms with Crippen LogP contribution in [0.2, 0.25) is 0 Å². The first-order valence-electron chi connectivity index (χ1n) is 4.81. The van der Waals surface area contributed by atoms with Gasteiger partial charge in [-0.05, 0) is 24.5 Å². The molecule has 1 aliphatic rings. The van der Waals surface area contributed by atoms with E-state index in [1.807, 2.05) is 13.1 Å². The lowest BCUT2D eigenvalue weighted by molar-refractivity contribution is -0.105. The maximum atomic E-state index is 10.6. The molecule has 0 unspecified atom stereocenters. The molecule has 1 aliphatic heterocycles. The number of likely N-dealkylation sites (N-methyl/N-ethyl adjacent to an activating group) is 1. The molecule has 72 valence electrons. The van der Waals surface area contributed by atoms with Crippen molar-refractivity contribution >= 4 is 6.29 Å². The molecule has 0 bridgehead atoms. The van der Waals surface area contributed by atoms with E-state index in [0.29, 0.717) is 0 Å². The SMILES string of the molecule is CCC1=C(CC)N(C)CC(C=O)=C1. The lowest BCUT2D eigenvalue weighted by Crippen LogP contribution is -2.25. The average Bonchev–Trinajstić information content (AvgIpc) is 2.16. The van der Waals surface area contributed by atoms with Gasteiger partial charge in [0.1, 0.15) is 6.29 Å². The van der Waals surface area contributed by atoms with Gasteiger partial charge in [-0.1, -0.05) is 13.8 Å². The van der Waals surface area contributed by atoms with E-state index < -0.39 is 0 Å². The van der Waals surface area contributed by atoms with Crippen molar-refractivity contribution in [3.05, 3.63) is 22.9 Å². The zero-order chi connectivity index (χ0) is 9.84. The normalized spacial score (nSPS) is 17.5. The van der Waals surface area contributed by atoms with E-state index in [1.54, 1.807) is 0 Å². The summed E-state index contributed by atoms with van der Waals surface area (Å²) in [5, 5.41) is 0. The van der Waals surface area contributed by atoms with E-state index in [2.05, 4.69) is 18.7 Å². The quantitative estimate of drug-likeness (QED) is 0.619. The Morgan fingerprint density at radius 1 is 1.46 bits per heavy atom. The summed E-state index contributed by atoms with van der Waals surface area (Å²) in [4.78, 5) is 12.8. The Hall–Kier alpha value is -1.05. The fourth-order valence-electron chi connectivity index (χ4n) is 1.84. The van der Waals surface area contributed by atoms with Crippen LogP contribution in [0.1, 0.15) is 26.7 Å².